The van der Waals surface area contributed by atoms with Gasteiger partial charge in [0.25, 0.3) is 0 Å². The maximum absolute atomic E-state index is 12.5. The molecule has 0 saturated carbocycles. The monoisotopic (exact) mass is 418 g/mol. The smallest absolute Gasteiger partial charge is 0.224 e. The lowest BCUT2D eigenvalue weighted by molar-refractivity contribution is -0.120. The fraction of sp³-hybridized carbons (Fsp3) is 0.280. The highest BCUT2D eigenvalue weighted by molar-refractivity contribution is 5.79. The van der Waals surface area contributed by atoms with Crippen molar-refractivity contribution in [2.24, 2.45) is 0 Å². The van der Waals surface area contributed by atoms with Gasteiger partial charge in [-0.25, -0.2) is 0 Å². The van der Waals surface area contributed by atoms with Crippen LogP contribution >= 0.6 is 0 Å². The number of benzene rings is 2. The molecule has 0 saturated heterocycles. The molecule has 3 aromatic rings. The molecule has 6 nitrogen and oxygen atoms in total. The molecule has 0 fully saturated rings. The van der Waals surface area contributed by atoms with Crippen LogP contribution in [-0.4, -0.2) is 37.8 Å². The maximum Gasteiger partial charge on any atom is 0.224 e. The summed E-state index contributed by atoms with van der Waals surface area (Å²) in [4.78, 5) is 17.0. The van der Waals surface area contributed by atoms with Crippen molar-refractivity contribution in [3.63, 3.8) is 0 Å². The molecule has 1 N–H and O–H groups in total. The van der Waals surface area contributed by atoms with Crippen LogP contribution in [0, 0.1) is 6.92 Å². The summed E-state index contributed by atoms with van der Waals surface area (Å²) in [7, 11) is 3.17. The number of ether oxygens (including phenoxy) is 3. The van der Waals surface area contributed by atoms with Crippen LogP contribution in [0.5, 0.6) is 17.2 Å². The second-order valence-electron chi connectivity index (χ2n) is 7.58. The topological polar surface area (TPSA) is 69.7 Å². The van der Waals surface area contributed by atoms with Gasteiger partial charge in [-0.15, -0.1) is 0 Å². The van der Waals surface area contributed by atoms with Gasteiger partial charge in [0, 0.05) is 18.2 Å². The zero-order valence-corrected chi connectivity index (χ0v) is 18.0. The number of nitrogens with zero attached hydrogens (tertiary/aromatic N) is 1. The second-order valence-corrected chi connectivity index (χ2v) is 7.58. The standard InChI is InChI=1S/C25H26N2O4/c1-16-6-5-11-26-24(16)20-8-4-7-18-14-19(31-25(18)20)15-27-23(28)13-17-9-10-21(29-2)22(12-17)30-3/h4-12,19H,13-15H2,1-3H3,(H,27,28)/t19-/m0/s1. The Balaban J connectivity index is 1.38. The average Bonchev–Trinajstić information content (AvgIpc) is 3.21. The molecular weight excluding hydrogens is 392 g/mol. The molecule has 1 atom stereocenters. The quantitative estimate of drug-likeness (QED) is 0.633. The van der Waals surface area contributed by atoms with Crippen molar-refractivity contribution in [3.8, 4) is 28.5 Å². The van der Waals surface area contributed by atoms with Crippen LogP contribution in [0.3, 0.4) is 0 Å². The van der Waals surface area contributed by atoms with Gasteiger partial charge in [-0.3, -0.25) is 9.78 Å². The number of aromatic nitrogens is 1. The molecular formula is C25H26N2O4. The lowest BCUT2D eigenvalue weighted by Gasteiger charge is -2.14. The predicted octanol–water partition coefficient (Wildman–Crippen LogP) is 3.74. The van der Waals surface area contributed by atoms with E-state index < -0.39 is 0 Å². The van der Waals surface area contributed by atoms with Gasteiger partial charge in [-0.1, -0.05) is 24.3 Å². The van der Waals surface area contributed by atoms with E-state index in [9.17, 15) is 4.79 Å². The number of rotatable bonds is 7. The van der Waals surface area contributed by atoms with Gasteiger partial charge in [0.2, 0.25) is 5.91 Å². The first kappa shape index (κ1) is 20.7. The first-order chi connectivity index (χ1) is 15.1. The van der Waals surface area contributed by atoms with Crippen molar-refractivity contribution in [3.05, 3.63) is 71.4 Å². The van der Waals surface area contributed by atoms with E-state index in [4.69, 9.17) is 14.2 Å². The number of amides is 1. The first-order valence-electron chi connectivity index (χ1n) is 10.3. The van der Waals surface area contributed by atoms with E-state index in [1.54, 1.807) is 26.5 Å². The van der Waals surface area contributed by atoms with Crippen molar-refractivity contribution in [2.45, 2.75) is 25.9 Å². The number of aryl methyl sites for hydroxylation is 1. The van der Waals surface area contributed by atoms with Gasteiger partial charge in [-0.2, -0.15) is 0 Å². The third-order valence-electron chi connectivity index (χ3n) is 5.43. The molecule has 1 amide bonds. The van der Waals surface area contributed by atoms with E-state index in [2.05, 4.69) is 16.4 Å². The number of hydrogen-bond acceptors (Lipinski definition) is 5. The van der Waals surface area contributed by atoms with Crippen LogP contribution in [0.15, 0.2) is 54.7 Å². The summed E-state index contributed by atoms with van der Waals surface area (Å²) in [6.45, 7) is 2.49. The molecule has 1 aliphatic heterocycles. The predicted molar refractivity (Wildman–Crippen MR) is 119 cm³/mol. The number of pyridine rings is 1. The molecule has 1 aliphatic rings. The fourth-order valence-electron chi connectivity index (χ4n) is 3.87. The summed E-state index contributed by atoms with van der Waals surface area (Å²) in [5, 5.41) is 2.99. The zero-order valence-electron chi connectivity index (χ0n) is 18.0. The molecule has 1 aromatic heterocycles. The maximum atomic E-state index is 12.5. The van der Waals surface area contributed by atoms with Crippen molar-refractivity contribution in [1.82, 2.24) is 10.3 Å². The molecule has 2 aromatic carbocycles. The summed E-state index contributed by atoms with van der Waals surface area (Å²) < 4.78 is 16.8. The summed E-state index contributed by atoms with van der Waals surface area (Å²) in [6.07, 6.45) is 2.71. The van der Waals surface area contributed by atoms with Crippen molar-refractivity contribution in [2.75, 3.05) is 20.8 Å². The molecule has 160 valence electrons. The van der Waals surface area contributed by atoms with Crippen LogP contribution < -0.4 is 19.5 Å². The molecule has 0 aliphatic carbocycles. The highest BCUT2D eigenvalue weighted by atomic mass is 16.5. The molecule has 2 heterocycles. The number of carbonyl (C=O) groups excluding carboxylic acids is 1. The van der Waals surface area contributed by atoms with Gasteiger partial charge in [-0.05, 0) is 47.9 Å². The van der Waals surface area contributed by atoms with Crippen molar-refractivity contribution in [1.29, 1.82) is 0 Å². The molecule has 0 radical (unpaired) electrons. The van der Waals surface area contributed by atoms with Crippen LogP contribution in [0.1, 0.15) is 16.7 Å². The van der Waals surface area contributed by atoms with Gasteiger partial charge in [0.05, 0.1) is 32.9 Å². The SMILES string of the molecule is COc1ccc(CC(=O)NC[C@@H]2Cc3cccc(-c4ncccc4C)c3O2)cc1OC. The van der Waals surface area contributed by atoms with E-state index in [1.807, 2.05) is 43.3 Å². The number of hydrogen-bond donors (Lipinski definition) is 1. The Morgan fingerprint density at radius 3 is 2.74 bits per heavy atom. The summed E-state index contributed by atoms with van der Waals surface area (Å²) in [5.74, 6) is 2.05. The second kappa shape index (κ2) is 9.08. The average molecular weight is 418 g/mol. The van der Waals surface area contributed by atoms with E-state index in [1.165, 1.54) is 0 Å². The van der Waals surface area contributed by atoms with E-state index in [-0.39, 0.29) is 18.4 Å². The number of para-hydroxylation sites is 1. The fourth-order valence-corrected chi connectivity index (χ4v) is 3.87. The van der Waals surface area contributed by atoms with E-state index >= 15 is 0 Å². The Hall–Kier alpha value is -3.54. The number of nitrogens with one attached hydrogen (secondary N) is 1. The molecule has 4 rings (SSSR count). The van der Waals surface area contributed by atoms with Crippen LogP contribution in [0.4, 0.5) is 0 Å². The Morgan fingerprint density at radius 1 is 1.13 bits per heavy atom. The highest BCUT2D eigenvalue weighted by Crippen LogP contribution is 2.38. The third kappa shape index (κ3) is 4.48. The Bertz CT molecular complexity index is 1100. The van der Waals surface area contributed by atoms with Crippen molar-refractivity contribution >= 4 is 5.91 Å². The van der Waals surface area contributed by atoms with Crippen LogP contribution in [0.2, 0.25) is 0 Å². The lowest BCUT2D eigenvalue weighted by atomic mass is 10.0. The minimum absolute atomic E-state index is 0.0624. The molecule has 0 bridgehead atoms. The molecule has 6 heteroatoms. The first-order valence-corrected chi connectivity index (χ1v) is 10.3. The minimum Gasteiger partial charge on any atom is -0.493 e. The van der Waals surface area contributed by atoms with E-state index in [0.717, 1.165) is 40.1 Å². The Labute approximate surface area is 182 Å². The molecule has 31 heavy (non-hydrogen) atoms. The summed E-state index contributed by atoms with van der Waals surface area (Å²) in [5.41, 5.74) is 5.03. The Kier molecular flexibility index (Phi) is 6.07. The van der Waals surface area contributed by atoms with Gasteiger partial charge in [0.15, 0.2) is 11.5 Å². The number of methoxy groups -OCH3 is 2. The van der Waals surface area contributed by atoms with Crippen LogP contribution in [0.25, 0.3) is 11.3 Å². The zero-order chi connectivity index (χ0) is 21.8. The van der Waals surface area contributed by atoms with Crippen LogP contribution in [-0.2, 0) is 17.6 Å². The van der Waals surface area contributed by atoms with Crippen molar-refractivity contribution < 1.29 is 19.0 Å². The number of fused-ring (bicyclic) bond motifs is 1. The number of carbonyl (C=O) groups is 1. The van der Waals surface area contributed by atoms with E-state index in [0.29, 0.717) is 18.0 Å². The lowest BCUT2D eigenvalue weighted by Crippen LogP contribution is -2.35. The van der Waals surface area contributed by atoms with Gasteiger partial charge in [0.1, 0.15) is 11.9 Å². The third-order valence-corrected chi connectivity index (χ3v) is 5.43. The highest BCUT2D eigenvalue weighted by Gasteiger charge is 2.26. The molecule has 0 spiro atoms. The summed E-state index contributed by atoms with van der Waals surface area (Å²) in [6, 6.07) is 15.6. The Morgan fingerprint density at radius 2 is 1.97 bits per heavy atom. The van der Waals surface area contributed by atoms with Gasteiger partial charge < -0.3 is 19.5 Å². The normalized spacial score (nSPS) is 14.5. The summed E-state index contributed by atoms with van der Waals surface area (Å²) >= 11 is 0. The minimum atomic E-state index is -0.102. The van der Waals surface area contributed by atoms with Gasteiger partial charge >= 0.3 is 0 Å². The largest absolute Gasteiger partial charge is 0.493 e. The molecule has 0 unspecified atom stereocenters.